The van der Waals surface area contributed by atoms with Crippen LogP contribution in [0.15, 0.2) is 47.4 Å². The molecule has 0 spiro atoms. The number of sulfonamides is 1. The molecule has 1 unspecified atom stereocenters. The number of aryl methyl sites for hydroxylation is 1. The number of nitrogens with one attached hydrogen (secondary N) is 1. The molecule has 0 radical (unpaired) electrons. The van der Waals surface area contributed by atoms with Gasteiger partial charge in [0.15, 0.2) is 4.90 Å². The third-order valence-electron chi connectivity index (χ3n) is 4.59. The Morgan fingerprint density at radius 2 is 1.96 bits per heavy atom. The minimum Gasteiger partial charge on any atom is -0.496 e. The Morgan fingerprint density at radius 1 is 1.25 bits per heavy atom. The number of rotatable bonds is 5. The molecule has 152 valence electrons. The lowest BCUT2D eigenvalue weighted by atomic mass is 10.0. The molecule has 1 saturated heterocycles. The summed E-state index contributed by atoms with van der Waals surface area (Å²) in [5.74, 6) is 0.574. The highest BCUT2D eigenvalue weighted by atomic mass is 35.5. The monoisotopic (exact) mass is 427 g/mol. The molecule has 0 saturated carbocycles. The van der Waals surface area contributed by atoms with Gasteiger partial charge in [0.25, 0.3) is 15.7 Å². The smallest absolute Gasteiger partial charge is 0.289 e. The van der Waals surface area contributed by atoms with Crippen LogP contribution in [0.3, 0.4) is 0 Å². The zero-order valence-electron chi connectivity index (χ0n) is 15.5. The largest absolute Gasteiger partial charge is 0.496 e. The highest BCUT2D eigenvalue weighted by Gasteiger charge is 2.39. The molecule has 1 heterocycles. The number of methoxy groups -OCH3 is 1. The van der Waals surface area contributed by atoms with Gasteiger partial charge in [0.2, 0.25) is 0 Å². The van der Waals surface area contributed by atoms with E-state index in [0.29, 0.717) is 30.0 Å². The molecule has 1 aliphatic rings. The molecule has 1 fully saturated rings. The molecule has 1 atom stereocenters. The number of piperazine rings is 1. The van der Waals surface area contributed by atoms with E-state index >= 15 is 0 Å². The van der Waals surface area contributed by atoms with Gasteiger partial charge in [-0.25, -0.2) is 8.42 Å². The molecule has 3 rings (SSSR count). The van der Waals surface area contributed by atoms with Crippen molar-refractivity contribution in [2.75, 3.05) is 26.7 Å². The Kier molecular flexibility index (Phi) is 7.00. The van der Waals surface area contributed by atoms with Crippen molar-refractivity contribution in [1.29, 1.82) is 0 Å². The van der Waals surface area contributed by atoms with Crippen molar-refractivity contribution in [3.05, 3.63) is 63.7 Å². The van der Waals surface area contributed by atoms with Gasteiger partial charge in [-0.05, 0) is 24.6 Å². The number of ether oxygens (including phenoxy) is 1. The Labute approximate surface area is 170 Å². The molecule has 0 bridgehead atoms. The summed E-state index contributed by atoms with van der Waals surface area (Å²) in [5, 5.41) is 14.6. The predicted molar refractivity (Wildman–Crippen MR) is 108 cm³/mol. The summed E-state index contributed by atoms with van der Waals surface area (Å²) in [6.45, 7) is 2.74. The topological polar surface area (TPSA) is 102 Å². The Morgan fingerprint density at radius 3 is 2.64 bits per heavy atom. The Bertz CT molecular complexity index is 967. The molecule has 0 aromatic heterocycles. The number of benzene rings is 2. The van der Waals surface area contributed by atoms with Crippen LogP contribution in [0.1, 0.15) is 17.2 Å². The lowest BCUT2D eigenvalue weighted by molar-refractivity contribution is -0.387. The summed E-state index contributed by atoms with van der Waals surface area (Å²) >= 11 is 0. The van der Waals surface area contributed by atoms with Crippen LogP contribution < -0.4 is 10.1 Å². The zero-order chi connectivity index (χ0) is 19.6. The summed E-state index contributed by atoms with van der Waals surface area (Å²) in [5.41, 5.74) is 0.931. The van der Waals surface area contributed by atoms with Crippen LogP contribution in [0.2, 0.25) is 0 Å². The minimum absolute atomic E-state index is 0. The standard InChI is InChI=1S/C18H21N3O5S.ClH/c1-13-7-8-18(15(11-13)21(22)23)27(24,25)20-10-9-19-12-16(20)14-5-3-4-6-17(14)26-2;/h3-8,11,16,19H,9-10,12H2,1-2H3;1H. The maximum absolute atomic E-state index is 13.4. The van der Waals surface area contributed by atoms with E-state index in [1.165, 1.54) is 23.5 Å². The van der Waals surface area contributed by atoms with Crippen LogP contribution >= 0.6 is 12.4 Å². The molecule has 10 heteroatoms. The molecule has 8 nitrogen and oxygen atoms in total. The second-order valence-electron chi connectivity index (χ2n) is 6.31. The van der Waals surface area contributed by atoms with Crippen molar-refractivity contribution in [2.24, 2.45) is 0 Å². The minimum atomic E-state index is -4.08. The van der Waals surface area contributed by atoms with E-state index in [-0.39, 0.29) is 23.8 Å². The molecule has 2 aromatic rings. The lowest BCUT2D eigenvalue weighted by Crippen LogP contribution is -2.48. The van der Waals surface area contributed by atoms with Gasteiger partial charge in [0.05, 0.1) is 18.1 Å². The normalized spacial score (nSPS) is 17.6. The molecule has 1 N–H and O–H groups in total. The second-order valence-corrected chi connectivity index (χ2v) is 8.16. The van der Waals surface area contributed by atoms with E-state index in [9.17, 15) is 18.5 Å². The number of hydrogen-bond acceptors (Lipinski definition) is 6. The molecular formula is C18H22ClN3O5S. The van der Waals surface area contributed by atoms with E-state index in [4.69, 9.17) is 4.74 Å². The van der Waals surface area contributed by atoms with Gasteiger partial charge in [0, 0.05) is 31.3 Å². The fraction of sp³-hybridized carbons (Fsp3) is 0.333. The SMILES string of the molecule is COc1ccccc1C1CNCCN1S(=O)(=O)c1ccc(C)cc1[N+](=O)[O-].Cl. The summed E-state index contributed by atoms with van der Waals surface area (Å²) in [6.07, 6.45) is 0. The van der Waals surface area contributed by atoms with Gasteiger partial charge in [-0.2, -0.15) is 4.31 Å². The van der Waals surface area contributed by atoms with Crippen molar-refractivity contribution < 1.29 is 18.1 Å². The van der Waals surface area contributed by atoms with E-state index in [0.717, 1.165) is 0 Å². The zero-order valence-corrected chi connectivity index (χ0v) is 17.1. The number of nitro groups is 1. The molecule has 0 amide bonds. The van der Waals surface area contributed by atoms with Crippen molar-refractivity contribution in [2.45, 2.75) is 17.9 Å². The first-order valence-electron chi connectivity index (χ1n) is 8.47. The van der Waals surface area contributed by atoms with E-state index in [1.54, 1.807) is 19.1 Å². The molecule has 0 aliphatic carbocycles. The van der Waals surface area contributed by atoms with E-state index in [1.807, 2.05) is 18.2 Å². The number of halogens is 1. The van der Waals surface area contributed by atoms with Crippen LogP contribution in [0.25, 0.3) is 0 Å². The van der Waals surface area contributed by atoms with Crippen molar-refractivity contribution in [3.8, 4) is 5.75 Å². The molecule has 1 aliphatic heterocycles. The lowest BCUT2D eigenvalue weighted by Gasteiger charge is -2.35. The third-order valence-corrected chi connectivity index (χ3v) is 6.55. The van der Waals surface area contributed by atoms with Gasteiger partial charge in [0.1, 0.15) is 5.75 Å². The molecular weight excluding hydrogens is 406 g/mol. The highest BCUT2D eigenvalue weighted by molar-refractivity contribution is 7.89. The highest BCUT2D eigenvalue weighted by Crippen LogP contribution is 2.36. The first-order valence-corrected chi connectivity index (χ1v) is 9.91. The first-order chi connectivity index (χ1) is 12.9. The van der Waals surface area contributed by atoms with Gasteiger partial charge >= 0.3 is 0 Å². The first kappa shape index (κ1) is 22.1. The summed E-state index contributed by atoms with van der Waals surface area (Å²) in [4.78, 5) is 10.5. The third kappa shape index (κ3) is 4.12. The van der Waals surface area contributed by atoms with Crippen LogP contribution in [0.5, 0.6) is 5.75 Å². The van der Waals surface area contributed by atoms with Gasteiger partial charge < -0.3 is 10.1 Å². The Balaban J connectivity index is 0.00000280. The second kappa shape index (κ2) is 8.87. The van der Waals surface area contributed by atoms with E-state index < -0.39 is 26.7 Å². The van der Waals surface area contributed by atoms with Gasteiger partial charge in [-0.15, -0.1) is 12.4 Å². The van der Waals surface area contributed by atoms with Crippen LogP contribution in [-0.4, -0.2) is 44.4 Å². The van der Waals surface area contributed by atoms with Crippen LogP contribution in [-0.2, 0) is 10.0 Å². The number of nitro benzene ring substituents is 1. The number of para-hydroxylation sites is 1. The fourth-order valence-corrected chi connectivity index (χ4v) is 5.04. The number of nitrogens with zero attached hydrogens (tertiary/aromatic N) is 2. The quantitative estimate of drug-likeness (QED) is 0.581. The predicted octanol–water partition coefficient (Wildman–Crippen LogP) is 2.67. The Hall–Kier alpha value is -2.20. The van der Waals surface area contributed by atoms with E-state index in [2.05, 4.69) is 5.32 Å². The molecule has 2 aromatic carbocycles. The maximum Gasteiger partial charge on any atom is 0.289 e. The molecule has 28 heavy (non-hydrogen) atoms. The van der Waals surface area contributed by atoms with Crippen LogP contribution in [0, 0.1) is 17.0 Å². The van der Waals surface area contributed by atoms with Crippen molar-refractivity contribution in [1.82, 2.24) is 9.62 Å². The van der Waals surface area contributed by atoms with Crippen LogP contribution in [0.4, 0.5) is 5.69 Å². The van der Waals surface area contributed by atoms with Crippen molar-refractivity contribution in [3.63, 3.8) is 0 Å². The average Bonchev–Trinajstić information content (AvgIpc) is 2.67. The summed E-state index contributed by atoms with van der Waals surface area (Å²) < 4.78 is 33.4. The van der Waals surface area contributed by atoms with Gasteiger partial charge in [-0.3, -0.25) is 10.1 Å². The number of hydrogen-bond donors (Lipinski definition) is 1. The summed E-state index contributed by atoms with van der Waals surface area (Å²) in [7, 11) is -2.55. The maximum atomic E-state index is 13.4. The summed E-state index contributed by atoms with van der Waals surface area (Å²) in [6, 6.07) is 10.8. The average molecular weight is 428 g/mol. The van der Waals surface area contributed by atoms with Crippen molar-refractivity contribution >= 4 is 28.1 Å². The fourth-order valence-electron chi connectivity index (χ4n) is 3.29. The van der Waals surface area contributed by atoms with Gasteiger partial charge in [-0.1, -0.05) is 24.3 Å².